The second-order valence-electron chi connectivity index (χ2n) is 0.429. The third-order valence-corrected chi connectivity index (χ3v) is 0. The lowest BCUT2D eigenvalue weighted by molar-refractivity contribution is 3.80. The third kappa shape index (κ3) is 46.5. The predicted molar refractivity (Wildman–Crippen MR) is 34.9 cm³/mol. The van der Waals surface area contributed by atoms with Gasteiger partial charge in [0, 0.05) is 11.0 Å². The van der Waals surface area contributed by atoms with Crippen LogP contribution in [0.4, 0.5) is 0 Å². The van der Waals surface area contributed by atoms with E-state index in [2.05, 4.69) is 0 Å². The van der Waals surface area contributed by atoms with E-state index in [4.69, 9.17) is 44.3 Å². The van der Waals surface area contributed by atoms with Crippen LogP contribution < -0.4 is 0 Å². The average molecular weight is 198 g/mol. The van der Waals surface area contributed by atoms with E-state index in [9.17, 15) is 0 Å². The van der Waals surface area contributed by atoms with Crippen molar-refractivity contribution in [2.45, 2.75) is 0 Å². The van der Waals surface area contributed by atoms with Crippen molar-refractivity contribution in [1.29, 1.82) is 0 Å². The molecule has 0 nitrogen and oxygen atoms in total. The van der Waals surface area contributed by atoms with Crippen LogP contribution in [0.3, 0.4) is 0 Å². The van der Waals surface area contributed by atoms with E-state index in [1.165, 1.54) is 0 Å². The minimum absolute atomic E-state index is 0. The fourth-order valence-corrected chi connectivity index (χ4v) is 0. The first-order chi connectivity index (χ1) is 2.00. The summed E-state index contributed by atoms with van der Waals surface area (Å²) >= 11 is 19.9. The Kier molecular flexibility index (Phi) is 6.29. The van der Waals surface area contributed by atoms with E-state index < -0.39 is 5.31 Å². The Labute approximate surface area is 60.6 Å². The van der Waals surface area contributed by atoms with Crippen molar-refractivity contribution in [2.75, 3.05) is 0 Å². The van der Waals surface area contributed by atoms with Gasteiger partial charge in [-0.3, -0.25) is 0 Å². The van der Waals surface area contributed by atoms with Crippen molar-refractivity contribution in [3.05, 3.63) is 0 Å². The molecule has 4 radical (unpaired) electrons. The van der Waals surface area contributed by atoms with Gasteiger partial charge in [0.25, 0.3) is 0 Å². The molecule has 0 aromatic rings. The lowest BCUT2D eigenvalue weighted by Gasteiger charge is -1.85. The Balaban J connectivity index is 0. The van der Waals surface area contributed by atoms with E-state index in [1.54, 1.807) is 0 Å². The topological polar surface area (TPSA) is 0 Å². The van der Waals surface area contributed by atoms with E-state index in [-0.39, 0.29) is 11.0 Å². The Morgan fingerprint density at radius 3 is 0.833 bits per heavy atom. The predicted octanol–water partition coefficient (Wildman–Crippen LogP) is 2.00. The number of hydrogen-bond donors (Lipinski definition) is 0. The van der Waals surface area contributed by atoms with Gasteiger partial charge in [-0.25, -0.2) is 0 Å². The average Bonchev–Trinajstić information content (AvgIpc) is 0.722. The smallest absolute Gasteiger partial charge is 0.110 e. The van der Waals surface area contributed by atoms with Crippen LogP contribution in [0.5, 0.6) is 0 Å². The SMILES string of the molecule is Cl[Si](Cl)(Cl)Cl.[Si]. The fraction of sp³-hybridized carbons (Fsp3) is 0. The Morgan fingerprint density at radius 2 is 0.833 bits per heavy atom. The Morgan fingerprint density at radius 1 is 0.833 bits per heavy atom. The van der Waals surface area contributed by atoms with Crippen LogP contribution in [-0.2, 0) is 0 Å². The van der Waals surface area contributed by atoms with Gasteiger partial charge in [0.1, 0.15) is 0 Å². The molecular formula is Cl4Si2. The molecule has 0 saturated carbocycles. The molecular weight excluding hydrogens is 198 g/mol. The molecule has 0 aromatic carbocycles. The molecule has 6 heavy (non-hydrogen) atoms. The first kappa shape index (κ1) is 10.6. The first-order valence-electron chi connectivity index (χ1n) is 0.756. The minimum atomic E-state index is -2.72. The number of hydrogen-bond acceptors (Lipinski definition) is 0. The maximum absolute atomic E-state index is 4.97. The molecule has 0 fully saturated rings. The molecule has 36 valence electrons. The molecule has 0 rings (SSSR count). The van der Waals surface area contributed by atoms with Crippen LogP contribution in [0.25, 0.3) is 0 Å². The maximum atomic E-state index is 4.97. The van der Waals surface area contributed by atoms with Crippen LogP contribution in [0.15, 0.2) is 0 Å². The van der Waals surface area contributed by atoms with Crippen LogP contribution in [0, 0.1) is 0 Å². The van der Waals surface area contributed by atoms with Crippen molar-refractivity contribution in [1.82, 2.24) is 0 Å². The van der Waals surface area contributed by atoms with Gasteiger partial charge in [0.05, 0.1) is 0 Å². The lowest BCUT2D eigenvalue weighted by atomic mass is 27.6. The van der Waals surface area contributed by atoms with Gasteiger partial charge in [0.2, 0.25) is 0 Å². The van der Waals surface area contributed by atoms with Crippen molar-refractivity contribution in [3.63, 3.8) is 0 Å². The summed E-state index contributed by atoms with van der Waals surface area (Å²) in [6.45, 7) is 0. The Bertz CT molecular complexity index is 21.0. The van der Waals surface area contributed by atoms with Crippen molar-refractivity contribution in [3.8, 4) is 0 Å². The molecule has 0 aliphatic carbocycles. The van der Waals surface area contributed by atoms with Gasteiger partial charge >= 0.3 is 5.31 Å². The van der Waals surface area contributed by atoms with E-state index in [1.807, 2.05) is 0 Å². The van der Waals surface area contributed by atoms with Gasteiger partial charge in [-0.15, -0.1) is 44.3 Å². The van der Waals surface area contributed by atoms with Crippen LogP contribution >= 0.6 is 44.3 Å². The molecule has 6 heteroatoms. The summed E-state index contributed by atoms with van der Waals surface area (Å²) in [5.41, 5.74) is 0. The normalized spacial score (nSPS) is 10.0. The highest BCUT2D eigenvalue weighted by Crippen LogP contribution is 2.23. The van der Waals surface area contributed by atoms with Crippen molar-refractivity contribution < 1.29 is 0 Å². The van der Waals surface area contributed by atoms with Gasteiger partial charge in [-0.1, -0.05) is 0 Å². The van der Waals surface area contributed by atoms with Gasteiger partial charge in [0.15, 0.2) is 0 Å². The quantitative estimate of drug-likeness (QED) is 0.412. The highest BCUT2D eigenvalue weighted by atomic mass is 36.0. The summed E-state index contributed by atoms with van der Waals surface area (Å²) in [5, 5.41) is -2.72. The zero-order chi connectivity index (χ0) is 4.50. The first-order valence-corrected chi connectivity index (χ1v) is 6.80. The van der Waals surface area contributed by atoms with E-state index in [0.717, 1.165) is 0 Å². The highest BCUT2D eigenvalue weighted by Gasteiger charge is 2.19. The molecule has 0 bridgehead atoms. The molecule has 0 aliphatic rings. The summed E-state index contributed by atoms with van der Waals surface area (Å²) in [6.07, 6.45) is 0. The molecule has 0 spiro atoms. The van der Waals surface area contributed by atoms with Gasteiger partial charge < -0.3 is 0 Å². The molecule has 0 N–H and O–H groups in total. The molecule has 0 unspecified atom stereocenters. The lowest BCUT2D eigenvalue weighted by Crippen LogP contribution is -1.91. The van der Waals surface area contributed by atoms with E-state index >= 15 is 0 Å². The fourth-order valence-electron chi connectivity index (χ4n) is 0. The maximum Gasteiger partial charge on any atom is 0.440 e. The van der Waals surface area contributed by atoms with Crippen LogP contribution in [-0.4, -0.2) is 16.3 Å². The molecule has 0 aliphatic heterocycles. The van der Waals surface area contributed by atoms with Crippen LogP contribution in [0.1, 0.15) is 0 Å². The zero-order valence-corrected chi connectivity index (χ0v) is 7.54. The number of halogens is 4. The molecule has 0 saturated heterocycles. The van der Waals surface area contributed by atoms with Gasteiger partial charge in [-0.2, -0.15) is 0 Å². The second-order valence-corrected chi connectivity index (χ2v) is 11.6. The highest BCUT2D eigenvalue weighted by molar-refractivity contribution is 7.81. The van der Waals surface area contributed by atoms with Crippen molar-refractivity contribution in [2.24, 2.45) is 0 Å². The summed E-state index contributed by atoms with van der Waals surface area (Å²) < 4.78 is 0. The molecule has 0 heterocycles. The minimum Gasteiger partial charge on any atom is -0.110 e. The molecule has 0 atom stereocenters. The largest absolute Gasteiger partial charge is 0.440 e. The van der Waals surface area contributed by atoms with E-state index in [0.29, 0.717) is 0 Å². The molecule has 0 amide bonds. The zero-order valence-electron chi connectivity index (χ0n) is 2.51. The summed E-state index contributed by atoms with van der Waals surface area (Å²) in [7, 11) is 0. The Hall–Kier alpha value is 1.59. The third-order valence-electron chi connectivity index (χ3n) is 0. The summed E-state index contributed by atoms with van der Waals surface area (Å²) in [5.74, 6) is 0. The summed E-state index contributed by atoms with van der Waals surface area (Å²) in [4.78, 5) is 0. The van der Waals surface area contributed by atoms with Gasteiger partial charge in [-0.05, 0) is 0 Å². The number of rotatable bonds is 0. The van der Waals surface area contributed by atoms with Crippen molar-refractivity contribution >= 4 is 60.6 Å². The second kappa shape index (κ2) is 3.58. The molecule has 0 aromatic heterocycles. The van der Waals surface area contributed by atoms with Crippen LogP contribution in [0.2, 0.25) is 0 Å². The standard InChI is InChI=1S/Cl4Si.Si/c1-5(2,3)4;. The monoisotopic (exact) mass is 196 g/mol. The summed E-state index contributed by atoms with van der Waals surface area (Å²) in [6, 6.07) is 0.